The molecular weight excluding hydrogens is 298 g/mol. The standard InChI is InChI=1S/C16H21N3O4/c1-9(2)14-4-12(10(3)22-14)16(20)19-13-7-21-8-15(13)23-11-5-17-18-6-11/h4-6,9,13,15H,7-8H2,1-3H3,(H,17,18)(H,19,20)/t13-,15+/m0/s1. The second-order valence-electron chi connectivity index (χ2n) is 5.98. The average Bonchev–Trinajstić information content (AvgIpc) is 3.22. The van der Waals surface area contributed by atoms with Gasteiger partial charge in [0.1, 0.15) is 17.6 Å². The first kappa shape index (κ1) is 15.6. The Morgan fingerprint density at radius 2 is 2.30 bits per heavy atom. The van der Waals surface area contributed by atoms with Gasteiger partial charge in [-0.1, -0.05) is 13.8 Å². The van der Waals surface area contributed by atoms with Gasteiger partial charge in [-0.15, -0.1) is 0 Å². The van der Waals surface area contributed by atoms with E-state index >= 15 is 0 Å². The van der Waals surface area contributed by atoms with Gasteiger partial charge in [0, 0.05) is 5.92 Å². The van der Waals surface area contributed by atoms with Crippen molar-refractivity contribution in [2.75, 3.05) is 13.2 Å². The predicted molar refractivity (Wildman–Crippen MR) is 82.6 cm³/mol. The number of furan rings is 1. The summed E-state index contributed by atoms with van der Waals surface area (Å²) < 4.78 is 16.9. The molecule has 1 aliphatic rings. The zero-order chi connectivity index (χ0) is 16.4. The van der Waals surface area contributed by atoms with Crippen LogP contribution in [0.15, 0.2) is 22.9 Å². The van der Waals surface area contributed by atoms with Crippen LogP contribution < -0.4 is 10.1 Å². The summed E-state index contributed by atoms with van der Waals surface area (Å²) in [5, 5.41) is 9.50. The van der Waals surface area contributed by atoms with Crippen LogP contribution in [-0.4, -0.2) is 41.5 Å². The summed E-state index contributed by atoms with van der Waals surface area (Å²) >= 11 is 0. The molecule has 23 heavy (non-hydrogen) atoms. The van der Waals surface area contributed by atoms with E-state index in [2.05, 4.69) is 15.5 Å². The number of nitrogens with one attached hydrogen (secondary N) is 2. The van der Waals surface area contributed by atoms with Gasteiger partial charge < -0.3 is 19.2 Å². The molecule has 0 unspecified atom stereocenters. The Morgan fingerprint density at radius 3 is 2.96 bits per heavy atom. The summed E-state index contributed by atoms with van der Waals surface area (Å²) in [6.45, 7) is 6.70. The third-order valence-corrected chi connectivity index (χ3v) is 3.86. The van der Waals surface area contributed by atoms with Crippen molar-refractivity contribution >= 4 is 5.91 Å². The van der Waals surface area contributed by atoms with Crippen LogP contribution in [0.3, 0.4) is 0 Å². The largest absolute Gasteiger partial charge is 0.482 e. The number of aromatic amines is 1. The van der Waals surface area contributed by atoms with E-state index in [9.17, 15) is 4.79 Å². The van der Waals surface area contributed by atoms with Gasteiger partial charge in [0.15, 0.2) is 5.75 Å². The quantitative estimate of drug-likeness (QED) is 0.880. The van der Waals surface area contributed by atoms with Gasteiger partial charge in [0.25, 0.3) is 5.91 Å². The number of carbonyl (C=O) groups is 1. The molecule has 0 aromatic carbocycles. The Labute approximate surface area is 134 Å². The van der Waals surface area contributed by atoms with E-state index in [-0.39, 0.29) is 24.0 Å². The van der Waals surface area contributed by atoms with Gasteiger partial charge in [-0.25, -0.2) is 0 Å². The van der Waals surface area contributed by atoms with Crippen LogP contribution in [0.1, 0.15) is 41.6 Å². The fraction of sp³-hybridized carbons (Fsp3) is 0.500. The van der Waals surface area contributed by atoms with Crippen LogP contribution >= 0.6 is 0 Å². The molecule has 0 radical (unpaired) electrons. The van der Waals surface area contributed by atoms with Crippen molar-refractivity contribution in [2.24, 2.45) is 0 Å². The third-order valence-electron chi connectivity index (χ3n) is 3.86. The SMILES string of the molecule is Cc1oc(C(C)C)cc1C(=O)N[C@H]1COC[C@H]1Oc1cn[nH]c1. The van der Waals surface area contributed by atoms with Gasteiger partial charge in [-0.3, -0.25) is 9.89 Å². The Bertz CT molecular complexity index is 663. The van der Waals surface area contributed by atoms with Crippen LogP contribution in [0, 0.1) is 6.92 Å². The molecule has 7 nitrogen and oxygen atoms in total. The Morgan fingerprint density at radius 1 is 1.48 bits per heavy atom. The fourth-order valence-corrected chi connectivity index (χ4v) is 2.52. The highest BCUT2D eigenvalue weighted by Gasteiger charge is 2.32. The molecule has 7 heteroatoms. The minimum Gasteiger partial charge on any atom is -0.482 e. The van der Waals surface area contributed by atoms with Gasteiger partial charge in [0.05, 0.1) is 37.2 Å². The lowest BCUT2D eigenvalue weighted by molar-refractivity contribution is 0.0902. The van der Waals surface area contributed by atoms with E-state index in [1.165, 1.54) is 0 Å². The maximum absolute atomic E-state index is 12.5. The summed E-state index contributed by atoms with van der Waals surface area (Å²) in [6.07, 6.45) is 3.01. The topological polar surface area (TPSA) is 89.4 Å². The lowest BCUT2D eigenvalue weighted by atomic mass is 10.1. The highest BCUT2D eigenvalue weighted by atomic mass is 16.5. The van der Waals surface area contributed by atoms with Crippen LogP contribution in [0.2, 0.25) is 0 Å². The van der Waals surface area contributed by atoms with Crippen molar-refractivity contribution in [2.45, 2.75) is 38.8 Å². The van der Waals surface area contributed by atoms with E-state index in [0.29, 0.717) is 30.3 Å². The van der Waals surface area contributed by atoms with Crippen molar-refractivity contribution in [3.63, 3.8) is 0 Å². The van der Waals surface area contributed by atoms with E-state index < -0.39 is 0 Å². The van der Waals surface area contributed by atoms with Crippen molar-refractivity contribution < 1.29 is 18.7 Å². The van der Waals surface area contributed by atoms with Gasteiger partial charge in [-0.05, 0) is 13.0 Å². The number of carbonyl (C=O) groups excluding carboxylic acids is 1. The number of amides is 1. The summed E-state index contributed by atoms with van der Waals surface area (Å²) in [6, 6.07) is 1.59. The molecule has 2 aromatic rings. The summed E-state index contributed by atoms with van der Waals surface area (Å²) in [7, 11) is 0. The van der Waals surface area contributed by atoms with Gasteiger partial charge in [-0.2, -0.15) is 5.10 Å². The Hall–Kier alpha value is -2.28. The first-order chi connectivity index (χ1) is 11.0. The number of nitrogens with zero attached hydrogens (tertiary/aromatic N) is 1. The summed E-state index contributed by atoms with van der Waals surface area (Å²) in [5.41, 5.74) is 0.558. The molecule has 0 saturated carbocycles. The Balaban J connectivity index is 1.67. The summed E-state index contributed by atoms with van der Waals surface area (Å²) in [4.78, 5) is 12.5. The maximum Gasteiger partial charge on any atom is 0.255 e. The first-order valence-corrected chi connectivity index (χ1v) is 7.69. The Kier molecular flexibility index (Phi) is 4.38. The van der Waals surface area contributed by atoms with E-state index in [0.717, 1.165) is 5.76 Å². The number of hydrogen-bond acceptors (Lipinski definition) is 5. The molecule has 1 aliphatic heterocycles. The lowest BCUT2D eigenvalue weighted by Gasteiger charge is -2.19. The normalized spacial score (nSPS) is 20.9. The van der Waals surface area contributed by atoms with Crippen LogP contribution in [0.4, 0.5) is 0 Å². The van der Waals surface area contributed by atoms with E-state index in [4.69, 9.17) is 13.9 Å². The number of H-pyrrole nitrogens is 1. The summed E-state index contributed by atoms with van der Waals surface area (Å²) in [5.74, 6) is 2.12. The zero-order valence-corrected chi connectivity index (χ0v) is 13.5. The number of aryl methyl sites for hydroxylation is 1. The number of rotatable bonds is 5. The molecule has 1 fully saturated rings. The smallest absolute Gasteiger partial charge is 0.255 e. The third kappa shape index (κ3) is 3.39. The predicted octanol–water partition coefficient (Wildman–Crippen LogP) is 2.01. The highest BCUT2D eigenvalue weighted by molar-refractivity contribution is 5.95. The molecule has 3 heterocycles. The highest BCUT2D eigenvalue weighted by Crippen LogP contribution is 2.22. The van der Waals surface area contributed by atoms with Crippen molar-refractivity contribution in [1.29, 1.82) is 0 Å². The zero-order valence-electron chi connectivity index (χ0n) is 13.5. The van der Waals surface area contributed by atoms with Gasteiger partial charge in [0.2, 0.25) is 0 Å². The molecule has 3 rings (SSSR count). The number of aromatic nitrogens is 2. The molecule has 1 saturated heterocycles. The molecule has 2 aromatic heterocycles. The molecular formula is C16H21N3O4. The van der Waals surface area contributed by atoms with Gasteiger partial charge >= 0.3 is 0 Å². The van der Waals surface area contributed by atoms with Crippen molar-refractivity contribution in [3.8, 4) is 5.75 Å². The van der Waals surface area contributed by atoms with E-state index in [1.807, 2.05) is 13.8 Å². The van der Waals surface area contributed by atoms with Crippen LogP contribution in [0.25, 0.3) is 0 Å². The fourth-order valence-electron chi connectivity index (χ4n) is 2.52. The first-order valence-electron chi connectivity index (χ1n) is 7.69. The molecule has 124 valence electrons. The van der Waals surface area contributed by atoms with Crippen molar-refractivity contribution in [1.82, 2.24) is 15.5 Å². The second-order valence-corrected chi connectivity index (χ2v) is 5.98. The molecule has 2 N–H and O–H groups in total. The van der Waals surface area contributed by atoms with Crippen molar-refractivity contribution in [3.05, 3.63) is 35.5 Å². The van der Waals surface area contributed by atoms with Crippen LogP contribution in [-0.2, 0) is 4.74 Å². The van der Waals surface area contributed by atoms with Crippen LogP contribution in [0.5, 0.6) is 5.75 Å². The number of hydrogen-bond donors (Lipinski definition) is 2. The maximum atomic E-state index is 12.5. The molecule has 0 bridgehead atoms. The number of ether oxygens (including phenoxy) is 2. The monoisotopic (exact) mass is 319 g/mol. The minimum atomic E-state index is -0.242. The lowest BCUT2D eigenvalue weighted by Crippen LogP contribution is -2.45. The second kappa shape index (κ2) is 6.45. The minimum absolute atomic E-state index is 0.172. The average molecular weight is 319 g/mol. The molecule has 2 atom stereocenters. The molecule has 0 aliphatic carbocycles. The molecule has 1 amide bonds. The van der Waals surface area contributed by atoms with E-state index in [1.54, 1.807) is 25.4 Å². The molecule has 0 spiro atoms.